The first-order valence-corrected chi connectivity index (χ1v) is 3.79. The van der Waals surface area contributed by atoms with E-state index in [0.29, 0.717) is 11.1 Å². The van der Waals surface area contributed by atoms with Gasteiger partial charge in [0.05, 0.1) is 0 Å². The van der Waals surface area contributed by atoms with Gasteiger partial charge in [-0.3, -0.25) is 4.79 Å². The number of carbonyl (C=O) groups excluding carboxylic acids is 1. The van der Waals surface area contributed by atoms with Gasteiger partial charge in [0, 0.05) is 0 Å². The summed E-state index contributed by atoms with van der Waals surface area (Å²) < 4.78 is 0. The van der Waals surface area contributed by atoms with E-state index in [0.717, 1.165) is 6.29 Å². The van der Waals surface area contributed by atoms with Crippen LogP contribution < -0.4 is 0 Å². The number of rotatable bonds is 2. The molecule has 13 heavy (non-hydrogen) atoms. The van der Waals surface area contributed by atoms with Crippen molar-refractivity contribution >= 4 is 12.4 Å². The summed E-state index contributed by atoms with van der Waals surface area (Å²) >= 11 is 0. The Bertz CT molecular complexity index is 353. The molecule has 0 amide bonds. The zero-order valence-electron chi connectivity index (χ0n) is 7.19. The van der Waals surface area contributed by atoms with Crippen molar-refractivity contribution < 1.29 is 15.0 Å². The van der Waals surface area contributed by atoms with Crippen molar-refractivity contribution in [2.24, 2.45) is 0 Å². The number of aromatic hydroxyl groups is 2. The fourth-order valence-corrected chi connectivity index (χ4v) is 0.927. The Morgan fingerprint density at radius 1 is 1.31 bits per heavy atom. The van der Waals surface area contributed by atoms with Crippen LogP contribution in [0.1, 0.15) is 12.5 Å². The standard InChI is InChI=1S/C10H10O3/c1-7(6-11)4-8-2-3-9(12)10(13)5-8/h2-6,12-13H,1H3/b7-4-. The van der Waals surface area contributed by atoms with E-state index in [4.69, 9.17) is 10.2 Å². The lowest BCUT2D eigenvalue weighted by Gasteiger charge is -1.98. The molecule has 0 saturated heterocycles. The van der Waals surface area contributed by atoms with Crippen LogP contribution in [0.3, 0.4) is 0 Å². The maximum absolute atomic E-state index is 10.3. The molecule has 0 unspecified atom stereocenters. The van der Waals surface area contributed by atoms with Crippen molar-refractivity contribution in [1.82, 2.24) is 0 Å². The predicted molar refractivity (Wildman–Crippen MR) is 49.5 cm³/mol. The van der Waals surface area contributed by atoms with Crippen molar-refractivity contribution in [3.05, 3.63) is 29.3 Å². The average Bonchev–Trinajstić information content (AvgIpc) is 2.11. The van der Waals surface area contributed by atoms with Crippen LogP contribution in [0.4, 0.5) is 0 Å². The van der Waals surface area contributed by atoms with E-state index in [1.807, 2.05) is 0 Å². The fourth-order valence-electron chi connectivity index (χ4n) is 0.927. The summed E-state index contributed by atoms with van der Waals surface area (Å²) in [5.41, 5.74) is 1.24. The summed E-state index contributed by atoms with van der Waals surface area (Å²) in [5.74, 6) is -0.353. The Morgan fingerprint density at radius 3 is 2.54 bits per heavy atom. The molecule has 0 atom stereocenters. The molecule has 2 N–H and O–H groups in total. The Kier molecular flexibility index (Phi) is 2.69. The molecule has 0 aliphatic carbocycles. The van der Waals surface area contributed by atoms with Crippen LogP contribution in [-0.2, 0) is 4.79 Å². The highest BCUT2D eigenvalue weighted by Crippen LogP contribution is 2.25. The smallest absolute Gasteiger partial charge is 0.157 e. The van der Waals surface area contributed by atoms with Gasteiger partial charge in [0.25, 0.3) is 0 Å². The average molecular weight is 178 g/mol. The molecular formula is C10H10O3. The van der Waals surface area contributed by atoms with Crippen molar-refractivity contribution in [2.75, 3.05) is 0 Å². The van der Waals surface area contributed by atoms with Gasteiger partial charge < -0.3 is 10.2 Å². The number of carbonyl (C=O) groups is 1. The van der Waals surface area contributed by atoms with Gasteiger partial charge in [-0.1, -0.05) is 6.07 Å². The van der Waals surface area contributed by atoms with Crippen LogP contribution in [0.5, 0.6) is 11.5 Å². The molecule has 3 nitrogen and oxygen atoms in total. The quantitative estimate of drug-likeness (QED) is 0.411. The first kappa shape index (κ1) is 9.32. The second kappa shape index (κ2) is 3.76. The van der Waals surface area contributed by atoms with Crippen LogP contribution >= 0.6 is 0 Å². The fraction of sp³-hybridized carbons (Fsp3) is 0.100. The maximum Gasteiger partial charge on any atom is 0.157 e. The number of benzene rings is 1. The Labute approximate surface area is 76.0 Å². The monoisotopic (exact) mass is 178 g/mol. The predicted octanol–water partition coefficient (Wildman–Crippen LogP) is 1.70. The van der Waals surface area contributed by atoms with Gasteiger partial charge in [-0.25, -0.2) is 0 Å². The van der Waals surface area contributed by atoms with Gasteiger partial charge in [0.15, 0.2) is 11.5 Å². The van der Waals surface area contributed by atoms with Crippen LogP contribution in [0.2, 0.25) is 0 Å². The summed E-state index contributed by atoms with van der Waals surface area (Å²) in [4.78, 5) is 10.3. The third kappa shape index (κ3) is 2.33. The van der Waals surface area contributed by atoms with E-state index in [2.05, 4.69) is 0 Å². The van der Waals surface area contributed by atoms with E-state index in [1.165, 1.54) is 12.1 Å². The summed E-state index contributed by atoms with van der Waals surface area (Å²) in [5, 5.41) is 18.1. The molecule has 0 radical (unpaired) electrons. The van der Waals surface area contributed by atoms with Gasteiger partial charge >= 0.3 is 0 Å². The molecule has 0 spiro atoms. The number of phenolic OH excluding ortho intramolecular Hbond substituents is 2. The zero-order valence-corrected chi connectivity index (χ0v) is 7.19. The van der Waals surface area contributed by atoms with Gasteiger partial charge in [-0.15, -0.1) is 0 Å². The van der Waals surface area contributed by atoms with Crippen LogP contribution in [-0.4, -0.2) is 16.5 Å². The first-order chi connectivity index (χ1) is 6.13. The van der Waals surface area contributed by atoms with E-state index in [1.54, 1.807) is 19.1 Å². The molecule has 0 aliphatic heterocycles. The molecule has 0 fully saturated rings. The molecule has 1 aromatic rings. The minimum atomic E-state index is -0.188. The lowest BCUT2D eigenvalue weighted by atomic mass is 10.1. The van der Waals surface area contributed by atoms with Crippen LogP contribution in [0.15, 0.2) is 23.8 Å². The number of phenols is 2. The Balaban J connectivity index is 3.04. The number of allylic oxidation sites excluding steroid dienone is 1. The molecule has 0 bridgehead atoms. The molecule has 1 rings (SSSR count). The first-order valence-electron chi connectivity index (χ1n) is 3.79. The largest absolute Gasteiger partial charge is 0.504 e. The number of hydrogen-bond acceptors (Lipinski definition) is 3. The maximum atomic E-state index is 10.3. The van der Waals surface area contributed by atoms with E-state index in [9.17, 15) is 4.79 Å². The Morgan fingerprint density at radius 2 is 2.00 bits per heavy atom. The van der Waals surface area contributed by atoms with E-state index < -0.39 is 0 Å². The van der Waals surface area contributed by atoms with Crippen molar-refractivity contribution in [3.8, 4) is 11.5 Å². The van der Waals surface area contributed by atoms with Gasteiger partial charge in [0.2, 0.25) is 0 Å². The lowest BCUT2D eigenvalue weighted by Crippen LogP contribution is -1.78. The molecule has 68 valence electrons. The summed E-state index contributed by atoms with van der Waals surface area (Å²) in [6, 6.07) is 4.38. The summed E-state index contributed by atoms with van der Waals surface area (Å²) in [6.45, 7) is 1.66. The van der Waals surface area contributed by atoms with Crippen LogP contribution in [0, 0.1) is 0 Å². The van der Waals surface area contributed by atoms with Gasteiger partial charge in [0.1, 0.15) is 6.29 Å². The highest BCUT2D eigenvalue weighted by atomic mass is 16.3. The van der Waals surface area contributed by atoms with Crippen molar-refractivity contribution in [2.45, 2.75) is 6.92 Å². The molecule has 0 aliphatic rings. The van der Waals surface area contributed by atoms with Crippen LogP contribution in [0.25, 0.3) is 6.08 Å². The number of aldehydes is 1. The minimum Gasteiger partial charge on any atom is -0.504 e. The van der Waals surface area contributed by atoms with Crippen molar-refractivity contribution in [3.63, 3.8) is 0 Å². The zero-order chi connectivity index (χ0) is 9.84. The molecule has 1 aromatic carbocycles. The van der Waals surface area contributed by atoms with Crippen molar-refractivity contribution in [1.29, 1.82) is 0 Å². The highest BCUT2D eigenvalue weighted by molar-refractivity contribution is 5.81. The molecule has 0 aromatic heterocycles. The minimum absolute atomic E-state index is 0.166. The van der Waals surface area contributed by atoms with E-state index in [-0.39, 0.29) is 11.5 Å². The molecule has 3 heteroatoms. The molecular weight excluding hydrogens is 168 g/mol. The summed E-state index contributed by atoms with van der Waals surface area (Å²) in [6.07, 6.45) is 2.34. The lowest BCUT2D eigenvalue weighted by molar-refractivity contribution is -0.104. The SMILES string of the molecule is C/C(C=O)=C/c1ccc(O)c(O)c1. The molecule has 0 heterocycles. The van der Waals surface area contributed by atoms with Gasteiger partial charge in [-0.05, 0) is 36.3 Å². The van der Waals surface area contributed by atoms with Gasteiger partial charge in [-0.2, -0.15) is 0 Å². The number of hydrogen-bond donors (Lipinski definition) is 2. The third-order valence-corrected chi connectivity index (χ3v) is 1.58. The normalized spacial score (nSPS) is 11.3. The van der Waals surface area contributed by atoms with E-state index >= 15 is 0 Å². The summed E-state index contributed by atoms with van der Waals surface area (Å²) in [7, 11) is 0. The molecule has 0 saturated carbocycles. The topological polar surface area (TPSA) is 57.5 Å². The second-order valence-electron chi connectivity index (χ2n) is 2.75. The Hall–Kier alpha value is -1.77. The second-order valence-corrected chi connectivity index (χ2v) is 2.75. The third-order valence-electron chi connectivity index (χ3n) is 1.58. The highest BCUT2D eigenvalue weighted by Gasteiger charge is 1.98.